The molecular weight excluding hydrogens is 334 g/mol. The normalized spacial score (nSPS) is 16.9. The Kier molecular flexibility index (Phi) is 7.11. The minimum Gasteiger partial charge on any atom is -0.303 e. The van der Waals surface area contributed by atoms with Gasteiger partial charge in [-0.1, -0.05) is 40.9 Å². The summed E-state index contributed by atoms with van der Waals surface area (Å²) in [5.41, 5.74) is 0.815. The summed E-state index contributed by atoms with van der Waals surface area (Å²) in [6.07, 6.45) is 5.43. The van der Waals surface area contributed by atoms with Gasteiger partial charge in [-0.15, -0.1) is 0 Å². The van der Waals surface area contributed by atoms with Crippen molar-refractivity contribution < 1.29 is 4.79 Å². The van der Waals surface area contributed by atoms with Crippen molar-refractivity contribution in [2.75, 3.05) is 31.1 Å². The lowest BCUT2D eigenvalue weighted by atomic mass is 10.2. The Bertz CT molecular complexity index is 413. The minimum atomic E-state index is 0.235. The maximum Gasteiger partial charge on any atom is 0.172 e. The molecule has 0 aromatic heterocycles. The van der Waals surface area contributed by atoms with E-state index in [9.17, 15) is 4.79 Å². The third kappa shape index (κ3) is 5.58. The molecule has 0 N–H and O–H groups in total. The zero-order chi connectivity index (χ0) is 14.2. The van der Waals surface area contributed by atoms with Crippen LogP contribution in [0.5, 0.6) is 0 Å². The van der Waals surface area contributed by atoms with Gasteiger partial charge in [-0.2, -0.15) is 11.8 Å². The van der Waals surface area contributed by atoms with E-state index in [1.165, 1.54) is 38.8 Å². The van der Waals surface area contributed by atoms with Gasteiger partial charge in [-0.05, 0) is 38.1 Å². The second-order valence-corrected chi connectivity index (χ2v) is 7.26. The van der Waals surface area contributed by atoms with Crippen molar-refractivity contribution in [2.24, 2.45) is 0 Å². The zero-order valence-corrected chi connectivity index (χ0v) is 14.2. The quantitative estimate of drug-likeness (QED) is 0.562. The Morgan fingerprint density at radius 2 is 1.75 bits per heavy atom. The highest BCUT2D eigenvalue weighted by Crippen LogP contribution is 2.14. The van der Waals surface area contributed by atoms with Crippen LogP contribution in [0.25, 0.3) is 0 Å². The van der Waals surface area contributed by atoms with Crippen LogP contribution in [-0.2, 0) is 0 Å². The molecule has 0 saturated carbocycles. The third-order valence-electron chi connectivity index (χ3n) is 3.65. The highest BCUT2D eigenvalue weighted by Gasteiger charge is 2.09. The molecule has 4 heteroatoms. The molecule has 1 aromatic rings. The average Bonchev–Trinajstić information content (AvgIpc) is 2.73. The van der Waals surface area contributed by atoms with Crippen LogP contribution >= 0.6 is 27.7 Å². The number of likely N-dealkylation sites (tertiary alicyclic amines) is 1. The smallest absolute Gasteiger partial charge is 0.172 e. The first kappa shape index (κ1) is 16.1. The largest absolute Gasteiger partial charge is 0.303 e. The lowest BCUT2D eigenvalue weighted by Gasteiger charge is -2.19. The minimum absolute atomic E-state index is 0.235. The summed E-state index contributed by atoms with van der Waals surface area (Å²) in [5.74, 6) is 1.89. The topological polar surface area (TPSA) is 20.3 Å². The number of halogens is 1. The van der Waals surface area contributed by atoms with Crippen molar-refractivity contribution in [3.63, 3.8) is 0 Å². The van der Waals surface area contributed by atoms with Crippen molar-refractivity contribution in [1.29, 1.82) is 0 Å². The maximum atomic E-state index is 12.0. The van der Waals surface area contributed by atoms with Crippen LogP contribution < -0.4 is 0 Å². The number of nitrogens with zero attached hydrogens (tertiary/aromatic N) is 1. The molecule has 0 radical (unpaired) electrons. The van der Waals surface area contributed by atoms with Gasteiger partial charge in [0.2, 0.25) is 0 Å². The maximum absolute atomic E-state index is 12.0. The fraction of sp³-hybridized carbons (Fsp3) is 0.562. The van der Waals surface area contributed by atoms with Gasteiger partial charge < -0.3 is 4.90 Å². The molecule has 0 amide bonds. The first-order valence-electron chi connectivity index (χ1n) is 7.34. The van der Waals surface area contributed by atoms with Crippen molar-refractivity contribution in [1.82, 2.24) is 4.90 Å². The summed E-state index contributed by atoms with van der Waals surface area (Å²) in [7, 11) is 0. The number of ketones is 1. The highest BCUT2D eigenvalue weighted by atomic mass is 79.9. The van der Waals surface area contributed by atoms with Crippen LogP contribution in [0, 0.1) is 0 Å². The molecule has 0 bridgehead atoms. The van der Waals surface area contributed by atoms with Gasteiger partial charge in [0.05, 0.1) is 5.75 Å². The molecule has 1 aliphatic heterocycles. The molecule has 0 unspecified atom stereocenters. The molecule has 2 rings (SSSR count). The van der Waals surface area contributed by atoms with Crippen LogP contribution in [-0.4, -0.2) is 41.8 Å². The van der Waals surface area contributed by atoms with Crippen LogP contribution in [0.15, 0.2) is 28.7 Å². The van der Waals surface area contributed by atoms with Gasteiger partial charge in [-0.3, -0.25) is 4.79 Å². The molecule has 110 valence electrons. The molecule has 20 heavy (non-hydrogen) atoms. The van der Waals surface area contributed by atoms with Crippen LogP contribution in [0.3, 0.4) is 0 Å². The number of carbonyl (C=O) groups excluding carboxylic acids is 1. The fourth-order valence-corrected chi connectivity index (χ4v) is 3.59. The summed E-state index contributed by atoms with van der Waals surface area (Å²) in [6, 6.07) is 7.63. The van der Waals surface area contributed by atoms with E-state index in [0.29, 0.717) is 5.75 Å². The zero-order valence-electron chi connectivity index (χ0n) is 11.8. The number of benzene rings is 1. The molecule has 0 aliphatic carbocycles. The first-order valence-corrected chi connectivity index (χ1v) is 9.29. The van der Waals surface area contributed by atoms with Gasteiger partial charge in [0.15, 0.2) is 5.78 Å². The number of thioether (sulfide) groups is 1. The van der Waals surface area contributed by atoms with E-state index in [-0.39, 0.29) is 5.78 Å². The molecule has 1 aromatic carbocycles. The second-order valence-electron chi connectivity index (χ2n) is 5.24. The molecule has 1 aliphatic rings. The summed E-state index contributed by atoms with van der Waals surface area (Å²) in [5, 5.41) is 0. The van der Waals surface area contributed by atoms with E-state index >= 15 is 0 Å². The average molecular weight is 356 g/mol. The molecule has 1 saturated heterocycles. The lowest BCUT2D eigenvalue weighted by molar-refractivity contribution is 0.102. The molecule has 1 heterocycles. The van der Waals surface area contributed by atoms with Gasteiger partial charge in [-0.25, -0.2) is 0 Å². The summed E-state index contributed by atoms with van der Waals surface area (Å²) in [4.78, 5) is 14.6. The number of hydrogen-bond acceptors (Lipinski definition) is 3. The van der Waals surface area contributed by atoms with Gasteiger partial charge >= 0.3 is 0 Å². The highest BCUT2D eigenvalue weighted by molar-refractivity contribution is 9.10. The monoisotopic (exact) mass is 355 g/mol. The van der Waals surface area contributed by atoms with Gasteiger partial charge in [0.1, 0.15) is 0 Å². The predicted molar refractivity (Wildman–Crippen MR) is 90.7 cm³/mol. The van der Waals surface area contributed by atoms with E-state index in [0.717, 1.165) is 22.3 Å². The number of rotatable bonds is 6. The standard InChI is InChI=1S/C16H22BrNOS/c17-15-7-5-14(6-8-15)16(19)13-20-12-11-18-9-3-1-2-4-10-18/h5-8H,1-4,9-13H2. The summed E-state index contributed by atoms with van der Waals surface area (Å²) >= 11 is 5.14. The molecule has 0 spiro atoms. The number of carbonyl (C=O) groups is 1. The van der Waals surface area contributed by atoms with E-state index in [4.69, 9.17) is 0 Å². The predicted octanol–water partition coefficient (Wildman–Crippen LogP) is 4.24. The van der Waals surface area contributed by atoms with E-state index in [2.05, 4.69) is 20.8 Å². The summed E-state index contributed by atoms with van der Waals surface area (Å²) < 4.78 is 1.02. The molecule has 0 atom stereocenters. The Morgan fingerprint density at radius 1 is 1.10 bits per heavy atom. The number of Topliss-reactive ketones (excluding diaryl/α,β-unsaturated/α-hetero) is 1. The molecule has 1 fully saturated rings. The Balaban J connectivity index is 1.65. The van der Waals surface area contributed by atoms with Crippen LogP contribution in [0.2, 0.25) is 0 Å². The second kappa shape index (κ2) is 8.85. The molecule has 2 nitrogen and oxygen atoms in total. The van der Waals surface area contributed by atoms with E-state index < -0.39 is 0 Å². The van der Waals surface area contributed by atoms with Gasteiger partial charge in [0, 0.05) is 22.3 Å². The summed E-state index contributed by atoms with van der Waals surface area (Å²) in [6.45, 7) is 3.60. The van der Waals surface area contributed by atoms with Gasteiger partial charge in [0.25, 0.3) is 0 Å². The Morgan fingerprint density at radius 3 is 2.40 bits per heavy atom. The van der Waals surface area contributed by atoms with Crippen molar-refractivity contribution in [2.45, 2.75) is 25.7 Å². The van der Waals surface area contributed by atoms with E-state index in [1.54, 1.807) is 11.8 Å². The fourth-order valence-electron chi connectivity index (χ4n) is 2.44. The first-order chi connectivity index (χ1) is 9.75. The van der Waals surface area contributed by atoms with Crippen LogP contribution in [0.1, 0.15) is 36.0 Å². The van der Waals surface area contributed by atoms with Crippen LogP contribution in [0.4, 0.5) is 0 Å². The Labute approximate surface area is 134 Å². The van der Waals surface area contributed by atoms with E-state index in [1.807, 2.05) is 24.3 Å². The van der Waals surface area contributed by atoms with Crippen molar-refractivity contribution in [3.05, 3.63) is 34.3 Å². The number of hydrogen-bond donors (Lipinski definition) is 0. The van der Waals surface area contributed by atoms with Crippen molar-refractivity contribution >= 4 is 33.5 Å². The Hall–Kier alpha value is -0.320. The molecular formula is C16H22BrNOS. The third-order valence-corrected chi connectivity index (χ3v) is 5.12. The lowest BCUT2D eigenvalue weighted by Crippen LogP contribution is -2.27. The SMILES string of the molecule is O=C(CSCCN1CCCCCC1)c1ccc(Br)cc1. The van der Waals surface area contributed by atoms with Crippen molar-refractivity contribution in [3.8, 4) is 0 Å².